The van der Waals surface area contributed by atoms with E-state index in [1.165, 1.54) is 0 Å². The van der Waals surface area contributed by atoms with Gasteiger partial charge in [0.25, 0.3) is 0 Å². The van der Waals surface area contributed by atoms with Crippen LogP contribution in [-0.2, 0) is 38.8 Å². The van der Waals surface area contributed by atoms with E-state index in [9.17, 15) is 0 Å². The fraction of sp³-hybridized carbons (Fsp3) is 0. The molecule has 9 heteroatoms. The van der Waals surface area contributed by atoms with E-state index in [1.54, 1.807) is 0 Å². The number of rotatable bonds is 0. The van der Waals surface area contributed by atoms with Gasteiger partial charge in [0.1, 0.15) is 0 Å². The fourth-order valence-electron chi connectivity index (χ4n) is 0. The molecule has 0 amide bonds. The first-order chi connectivity index (χ1) is 3.41. The summed E-state index contributed by atoms with van der Waals surface area (Å²) in [5, 5.41) is 0. The zero-order valence-corrected chi connectivity index (χ0v) is 8.85. The molecular formula is O6SSiZn. The van der Waals surface area contributed by atoms with E-state index in [0.29, 0.717) is 0 Å². The average Bonchev–Trinajstić information content (AvgIpc) is 1.27. The van der Waals surface area contributed by atoms with Gasteiger partial charge in [-0.25, -0.2) is 0 Å². The maximum Gasteiger partial charge on any atom is 2.00 e. The van der Waals surface area contributed by atoms with E-state index in [4.69, 9.17) is 26.4 Å². The van der Waals surface area contributed by atoms with E-state index in [2.05, 4.69) is 0 Å². The maximum absolute atomic E-state index is 8.52. The Hall–Kier alpha value is 0.310. The second-order valence-electron chi connectivity index (χ2n) is 0.492. The molecular weight excluding hydrogens is 222 g/mol. The van der Waals surface area contributed by atoms with Gasteiger partial charge >= 0.3 is 28.8 Å². The van der Waals surface area contributed by atoms with Crippen molar-refractivity contribution in [3.05, 3.63) is 0 Å². The van der Waals surface area contributed by atoms with Gasteiger partial charge in [-0.2, -0.15) is 0 Å². The molecule has 0 aromatic carbocycles. The van der Waals surface area contributed by atoms with Crippen molar-refractivity contribution in [2.45, 2.75) is 0 Å². The molecule has 0 radical (unpaired) electrons. The summed E-state index contributed by atoms with van der Waals surface area (Å²) in [6, 6.07) is 0. The van der Waals surface area contributed by atoms with Crippen LogP contribution in [0.2, 0.25) is 0 Å². The van der Waals surface area contributed by atoms with E-state index < -0.39 is 19.7 Å². The van der Waals surface area contributed by atoms with Crippen LogP contribution in [0.3, 0.4) is 0 Å². The Morgan fingerprint density at radius 3 is 1.11 bits per heavy atom. The van der Waals surface area contributed by atoms with Gasteiger partial charge in [0.05, 0.1) is 0 Å². The van der Waals surface area contributed by atoms with Crippen molar-refractivity contribution < 1.29 is 45.9 Å². The molecule has 0 aliphatic heterocycles. The largest absolute Gasteiger partial charge is 2.00 e. The Labute approximate surface area is 65.9 Å². The van der Waals surface area contributed by atoms with Gasteiger partial charge in [0.15, 0.2) is 0 Å². The standard InChI is InChI=1S/H2O4S.O2Si.Zn/c1-5(2,3)4;1-3-2;/h(H2,1,2,3,4);;/q;;+2/p-2. The first kappa shape index (κ1) is 16.1. The molecule has 0 aromatic rings. The molecule has 9 heavy (non-hydrogen) atoms. The molecule has 0 heterocycles. The Morgan fingerprint density at radius 1 is 1.11 bits per heavy atom. The predicted molar refractivity (Wildman–Crippen MR) is 17.6 cm³/mol. The third kappa shape index (κ3) is 3440. The fourth-order valence-corrected chi connectivity index (χ4v) is 0. The van der Waals surface area contributed by atoms with Crippen LogP contribution >= 0.6 is 0 Å². The summed E-state index contributed by atoms with van der Waals surface area (Å²) in [4.78, 5) is 0. The molecule has 48 valence electrons. The third-order valence-electron chi connectivity index (χ3n) is 0. The Morgan fingerprint density at radius 2 is 1.11 bits per heavy atom. The molecule has 0 atom stereocenters. The molecule has 0 N–H and O–H groups in total. The van der Waals surface area contributed by atoms with Crippen LogP contribution in [-0.4, -0.2) is 26.8 Å². The zero-order valence-electron chi connectivity index (χ0n) is 4.06. The van der Waals surface area contributed by atoms with Crippen molar-refractivity contribution in [1.29, 1.82) is 0 Å². The quantitative estimate of drug-likeness (QED) is 0.267. The molecule has 0 aromatic heterocycles. The zero-order chi connectivity index (χ0) is 7.21. The Kier molecular flexibility index (Phi) is 14.9. The molecule has 0 saturated carbocycles. The second-order valence-corrected chi connectivity index (χ2v) is 1.47. The Bertz CT molecular complexity index is 153. The van der Waals surface area contributed by atoms with Gasteiger partial charge in [-0.1, -0.05) is 0 Å². The van der Waals surface area contributed by atoms with Crippen LogP contribution in [0.5, 0.6) is 0 Å². The van der Waals surface area contributed by atoms with Gasteiger partial charge in [0, 0.05) is 10.4 Å². The Balaban J connectivity index is -0.0000000800. The van der Waals surface area contributed by atoms with Gasteiger partial charge in [0.2, 0.25) is 0 Å². The normalized spacial score (nSPS) is 7.33. The van der Waals surface area contributed by atoms with Crippen LogP contribution in [0.4, 0.5) is 0 Å². The van der Waals surface area contributed by atoms with Crippen molar-refractivity contribution in [1.82, 2.24) is 0 Å². The van der Waals surface area contributed by atoms with E-state index in [1.807, 2.05) is 0 Å². The van der Waals surface area contributed by atoms with Crippen LogP contribution < -0.4 is 0 Å². The molecule has 0 spiro atoms. The van der Waals surface area contributed by atoms with Gasteiger partial charge < -0.3 is 9.11 Å². The van der Waals surface area contributed by atoms with Crippen molar-refractivity contribution >= 4 is 19.7 Å². The minimum absolute atomic E-state index is 0. The molecule has 0 bridgehead atoms. The van der Waals surface area contributed by atoms with Crippen molar-refractivity contribution in [3.63, 3.8) is 0 Å². The summed E-state index contributed by atoms with van der Waals surface area (Å²) < 4.78 is 50.9. The van der Waals surface area contributed by atoms with E-state index in [0.717, 1.165) is 0 Å². The predicted octanol–water partition coefficient (Wildman–Crippen LogP) is -1.96. The van der Waals surface area contributed by atoms with Crippen molar-refractivity contribution in [2.24, 2.45) is 0 Å². The van der Waals surface area contributed by atoms with Gasteiger partial charge in [-0.3, -0.25) is 17.3 Å². The molecule has 0 saturated heterocycles. The molecule has 0 unspecified atom stereocenters. The minimum atomic E-state index is -5.17. The summed E-state index contributed by atoms with van der Waals surface area (Å²) in [7, 11) is -6.58. The van der Waals surface area contributed by atoms with Crippen LogP contribution in [0, 0.1) is 0 Å². The van der Waals surface area contributed by atoms with Gasteiger partial charge in [-0.05, 0) is 0 Å². The second kappa shape index (κ2) is 8.31. The van der Waals surface area contributed by atoms with Crippen LogP contribution in [0.25, 0.3) is 0 Å². The first-order valence-corrected chi connectivity index (χ1v) is 3.22. The van der Waals surface area contributed by atoms with Crippen LogP contribution in [0.15, 0.2) is 0 Å². The summed E-state index contributed by atoms with van der Waals surface area (Å²) in [5.41, 5.74) is 0. The van der Waals surface area contributed by atoms with E-state index >= 15 is 0 Å². The summed E-state index contributed by atoms with van der Waals surface area (Å²) in [5.74, 6) is 0. The minimum Gasteiger partial charge on any atom is -0.759 e. The number of hydrogen-bond acceptors (Lipinski definition) is 6. The van der Waals surface area contributed by atoms with E-state index in [-0.39, 0.29) is 19.5 Å². The molecule has 6 nitrogen and oxygen atoms in total. The van der Waals surface area contributed by atoms with Crippen LogP contribution in [0.1, 0.15) is 0 Å². The first-order valence-electron chi connectivity index (χ1n) is 1.07. The molecule has 0 aliphatic rings. The SMILES string of the molecule is O=S(=O)([O-])[O-].O=[Si]=O.[Zn+2]. The summed E-state index contributed by atoms with van der Waals surface area (Å²) in [6.45, 7) is 0. The summed E-state index contributed by atoms with van der Waals surface area (Å²) >= 11 is 0. The summed E-state index contributed by atoms with van der Waals surface area (Å²) in [6.07, 6.45) is 0. The average molecular weight is 222 g/mol. The van der Waals surface area contributed by atoms with Crippen molar-refractivity contribution in [3.8, 4) is 0 Å². The van der Waals surface area contributed by atoms with Crippen molar-refractivity contribution in [2.75, 3.05) is 0 Å². The molecule has 0 fully saturated rings. The molecule has 0 aliphatic carbocycles. The molecule has 0 rings (SSSR count). The number of hydrogen-bond donors (Lipinski definition) is 0. The monoisotopic (exact) mass is 220 g/mol. The topological polar surface area (TPSA) is 114 Å². The maximum atomic E-state index is 8.52. The third-order valence-corrected chi connectivity index (χ3v) is 0. The van der Waals surface area contributed by atoms with Gasteiger partial charge in [-0.15, -0.1) is 0 Å². The smallest absolute Gasteiger partial charge is 0.759 e.